The molecule has 0 aromatic carbocycles. The maximum atomic E-state index is 5.99. The molecule has 0 aromatic rings. The van der Waals surface area contributed by atoms with Gasteiger partial charge in [-0.1, -0.05) is 20.8 Å². The fraction of sp³-hybridized carbons (Fsp3) is 1.00. The van der Waals surface area contributed by atoms with Gasteiger partial charge >= 0.3 is 0 Å². The molecule has 0 saturated carbocycles. The predicted octanol–water partition coefficient (Wildman–Crippen LogP) is 1.45. The highest BCUT2D eigenvalue weighted by Gasteiger charge is 2.35. The molecule has 1 heterocycles. The van der Waals surface area contributed by atoms with Crippen molar-refractivity contribution < 1.29 is 0 Å². The van der Waals surface area contributed by atoms with Crippen molar-refractivity contribution in [3.8, 4) is 0 Å². The minimum absolute atomic E-state index is 0.283. The summed E-state index contributed by atoms with van der Waals surface area (Å²) in [6, 6.07) is 0.830. The van der Waals surface area contributed by atoms with Crippen LogP contribution in [0.3, 0.4) is 0 Å². The van der Waals surface area contributed by atoms with Crippen molar-refractivity contribution in [2.75, 3.05) is 13.1 Å². The zero-order chi connectivity index (χ0) is 9.35. The van der Waals surface area contributed by atoms with Crippen LogP contribution in [0.25, 0.3) is 0 Å². The van der Waals surface area contributed by atoms with E-state index in [0.717, 1.165) is 0 Å². The Labute approximate surface area is 76.1 Å². The molecule has 1 rings (SSSR count). The van der Waals surface area contributed by atoms with Crippen molar-refractivity contribution in [1.29, 1.82) is 0 Å². The van der Waals surface area contributed by atoms with E-state index in [1.165, 1.54) is 19.5 Å². The highest BCUT2D eigenvalue weighted by molar-refractivity contribution is 4.92. The van der Waals surface area contributed by atoms with Crippen LogP contribution in [0.2, 0.25) is 0 Å². The van der Waals surface area contributed by atoms with Crippen molar-refractivity contribution in [1.82, 2.24) is 4.90 Å². The molecule has 2 nitrogen and oxygen atoms in total. The lowest BCUT2D eigenvalue weighted by molar-refractivity contribution is 0.0335. The Kier molecular flexibility index (Phi) is 2.79. The van der Waals surface area contributed by atoms with Crippen molar-refractivity contribution >= 4 is 0 Å². The van der Waals surface area contributed by atoms with Gasteiger partial charge in [0.1, 0.15) is 0 Å². The zero-order valence-corrected chi connectivity index (χ0v) is 8.80. The third kappa shape index (κ3) is 1.99. The third-order valence-electron chi connectivity index (χ3n) is 2.67. The molecule has 12 heavy (non-hydrogen) atoms. The standard InChI is InChI=1S/C10H22N2/c1-8(11)9(10(2,3)4)12-6-5-7-12/h8-9H,5-7,11H2,1-4H3. The van der Waals surface area contributed by atoms with Gasteiger partial charge < -0.3 is 5.73 Å². The molecular weight excluding hydrogens is 148 g/mol. The normalized spacial score (nSPS) is 24.8. The second kappa shape index (κ2) is 3.35. The Morgan fingerprint density at radius 1 is 1.25 bits per heavy atom. The van der Waals surface area contributed by atoms with Gasteiger partial charge in [0.05, 0.1) is 0 Å². The summed E-state index contributed by atoms with van der Waals surface area (Å²) < 4.78 is 0. The molecule has 2 N–H and O–H groups in total. The molecule has 2 unspecified atom stereocenters. The topological polar surface area (TPSA) is 29.3 Å². The maximum Gasteiger partial charge on any atom is 0.0292 e. The summed E-state index contributed by atoms with van der Waals surface area (Å²) in [6.45, 7) is 11.4. The summed E-state index contributed by atoms with van der Waals surface area (Å²) in [5.41, 5.74) is 6.31. The van der Waals surface area contributed by atoms with E-state index in [1.54, 1.807) is 0 Å². The van der Waals surface area contributed by atoms with Crippen LogP contribution in [0, 0.1) is 5.41 Å². The molecule has 0 spiro atoms. The minimum atomic E-state index is 0.283. The Morgan fingerprint density at radius 3 is 1.83 bits per heavy atom. The van der Waals surface area contributed by atoms with Gasteiger partial charge in [-0.2, -0.15) is 0 Å². The van der Waals surface area contributed by atoms with Crippen LogP contribution in [0.15, 0.2) is 0 Å². The molecule has 2 heteroatoms. The number of rotatable bonds is 2. The number of likely N-dealkylation sites (tertiary alicyclic amines) is 1. The van der Waals surface area contributed by atoms with E-state index in [2.05, 4.69) is 32.6 Å². The van der Waals surface area contributed by atoms with E-state index in [1.807, 2.05) is 0 Å². The lowest BCUT2D eigenvalue weighted by Gasteiger charge is -2.47. The van der Waals surface area contributed by atoms with Crippen LogP contribution in [0.1, 0.15) is 34.1 Å². The largest absolute Gasteiger partial charge is 0.327 e. The Bertz CT molecular complexity index is 142. The summed E-state index contributed by atoms with van der Waals surface area (Å²) >= 11 is 0. The zero-order valence-electron chi connectivity index (χ0n) is 8.80. The van der Waals surface area contributed by atoms with Crippen molar-refractivity contribution in [2.24, 2.45) is 11.1 Å². The average Bonchev–Trinajstić information content (AvgIpc) is 1.73. The van der Waals surface area contributed by atoms with Gasteiger partial charge in [0, 0.05) is 12.1 Å². The van der Waals surface area contributed by atoms with Crippen LogP contribution < -0.4 is 5.73 Å². The van der Waals surface area contributed by atoms with Crippen LogP contribution >= 0.6 is 0 Å². The summed E-state index contributed by atoms with van der Waals surface area (Å²) in [6.07, 6.45) is 1.35. The molecule has 1 aliphatic heterocycles. The lowest BCUT2D eigenvalue weighted by Crippen LogP contribution is -2.58. The first-order chi connectivity index (χ1) is 5.43. The van der Waals surface area contributed by atoms with Gasteiger partial charge in [0.2, 0.25) is 0 Å². The number of hydrogen-bond acceptors (Lipinski definition) is 2. The smallest absolute Gasteiger partial charge is 0.0292 e. The summed E-state index contributed by atoms with van der Waals surface area (Å²) in [5.74, 6) is 0. The molecule has 72 valence electrons. The van der Waals surface area contributed by atoms with Gasteiger partial charge in [-0.05, 0) is 31.8 Å². The molecule has 0 radical (unpaired) electrons. The summed E-state index contributed by atoms with van der Waals surface area (Å²) in [5, 5.41) is 0. The molecule has 0 amide bonds. The number of nitrogens with two attached hydrogens (primary N) is 1. The first-order valence-corrected chi connectivity index (χ1v) is 4.92. The minimum Gasteiger partial charge on any atom is -0.327 e. The van der Waals surface area contributed by atoms with Gasteiger partial charge in [0.15, 0.2) is 0 Å². The first-order valence-electron chi connectivity index (χ1n) is 4.92. The molecule has 1 saturated heterocycles. The quantitative estimate of drug-likeness (QED) is 0.679. The maximum absolute atomic E-state index is 5.99. The van der Waals surface area contributed by atoms with Gasteiger partial charge in [0.25, 0.3) is 0 Å². The van der Waals surface area contributed by atoms with Crippen LogP contribution in [0.4, 0.5) is 0 Å². The first kappa shape index (κ1) is 10.0. The van der Waals surface area contributed by atoms with Crippen LogP contribution in [-0.4, -0.2) is 30.1 Å². The van der Waals surface area contributed by atoms with Crippen molar-refractivity contribution in [3.63, 3.8) is 0 Å². The van der Waals surface area contributed by atoms with Gasteiger partial charge in [-0.15, -0.1) is 0 Å². The fourth-order valence-corrected chi connectivity index (χ4v) is 2.29. The summed E-state index contributed by atoms with van der Waals surface area (Å²) in [4.78, 5) is 2.50. The molecule has 0 aliphatic carbocycles. The van der Waals surface area contributed by atoms with Crippen LogP contribution in [-0.2, 0) is 0 Å². The Hall–Kier alpha value is -0.0800. The second-order valence-electron chi connectivity index (χ2n) is 5.06. The van der Waals surface area contributed by atoms with E-state index in [0.29, 0.717) is 11.5 Å². The van der Waals surface area contributed by atoms with Gasteiger partial charge in [-0.25, -0.2) is 0 Å². The molecule has 1 fully saturated rings. The van der Waals surface area contributed by atoms with E-state index < -0.39 is 0 Å². The van der Waals surface area contributed by atoms with E-state index in [9.17, 15) is 0 Å². The van der Waals surface area contributed by atoms with Crippen molar-refractivity contribution in [2.45, 2.75) is 46.2 Å². The number of nitrogens with zero attached hydrogens (tertiary/aromatic N) is 1. The molecule has 2 atom stereocenters. The van der Waals surface area contributed by atoms with E-state index in [4.69, 9.17) is 5.73 Å². The Balaban J connectivity index is 2.60. The molecular formula is C10H22N2. The van der Waals surface area contributed by atoms with E-state index in [-0.39, 0.29) is 6.04 Å². The van der Waals surface area contributed by atoms with Crippen molar-refractivity contribution in [3.05, 3.63) is 0 Å². The highest BCUT2D eigenvalue weighted by atomic mass is 15.2. The summed E-state index contributed by atoms with van der Waals surface area (Å²) in [7, 11) is 0. The van der Waals surface area contributed by atoms with Gasteiger partial charge in [-0.3, -0.25) is 4.90 Å². The van der Waals surface area contributed by atoms with E-state index >= 15 is 0 Å². The SMILES string of the molecule is CC(N)C(N1CCC1)C(C)(C)C. The monoisotopic (exact) mass is 170 g/mol. The third-order valence-corrected chi connectivity index (χ3v) is 2.67. The number of hydrogen-bond donors (Lipinski definition) is 1. The molecule has 0 bridgehead atoms. The average molecular weight is 170 g/mol. The lowest BCUT2D eigenvalue weighted by atomic mass is 9.80. The second-order valence-corrected chi connectivity index (χ2v) is 5.06. The highest BCUT2D eigenvalue weighted by Crippen LogP contribution is 2.29. The fourth-order valence-electron chi connectivity index (χ4n) is 2.29. The molecule has 1 aliphatic rings. The van der Waals surface area contributed by atoms with Crippen LogP contribution in [0.5, 0.6) is 0 Å². The Morgan fingerprint density at radius 2 is 1.75 bits per heavy atom. The predicted molar refractivity (Wildman–Crippen MR) is 53.1 cm³/mol. The molecule has 0 aromatic heterocycles.